The molecule has 4 rings (SSSR count). The first kappa shape index (κ1) is 20.5. The number of benzene rings is 2. The SMILES string of the molecule is Cc1nnc(SCc2c(C(=O)NCCc3c(F)cccc3F)oc3ccccc23)s1. The van der Waals surface area contributed by atoms with Gasteiger partial charge in [0.05, 0.1) is 0 Å². The number of para-hydroxylation sites is 1. The maximum absolute atomic E-state index is 13.8. The molecule has 0 fully saturated rings. The molecule has 0 aliphatic heterocycles. The summed E-state index contributed by atoms with van der Waals surface area (Å²) in [5, 5.41) is 12.5. The van der Waals surface area contributed by atoms with E-state index in [0.29, 0.717) is 11.3 Å². The van der Waals surface area contributed by atoms with E-state index in [0.717, 1.165) is 20.3 Å². The maximum Gasteiger partial charge on any atom is 0.287 e. The van der Waals surface area contributed by atoms with Crippen molar-refractivity contribution in [1.29, 1.82) is 0 Å². The van der Waals surface area contributed by atoms with E-state index in [1.807, 2.05) is 25.1 Å². The minimum absolute atomic E-state index is 0.0403. The van der Waals surface area contributed by atoms with Gasteiger partial charge in [0.25, 0.3) is 5.91 Å². The Morgan fingerprint density at radius 2 is 1.87 bits per heavy atom. The highest BCUT2D eigenvalue weighted by molar-refractivity contribution is 8.00. The van der Waals surface area contributed by atoms with Gasteiger partial charge in [-0.2, -0.15) is 0 Å². The van der Waals surface area contributed by atoms with E-state index in [-0.39, 0.29) is 24.3 Å². The van der Waals surface area contributed by atoms with Crippen LogP contribution in [0, 0.1) is 18.6 Å². The average molecular weight is 446 g/mol. The van der Waals surface area contributed by atoms with Crippen LogP contribution in [0.5, 0.6) is 0 Å². The minimum atomic E-state index is -0.627. The number of fused-ring (bicyclic) bond motifs is 1. The second kappa shape index (κ2) is 8.93. The van der Waals surface area contributed by atoms with Crippen molar-refractivity contribution < 1.29 is 18.0 Å². The molecule has 30 heavy (non-hydrogen) atoms. The van der Waals surface area contributed by atoms with Crippen molar-refractivity contribution in [3.63, 3.8) is 0 Å². The van der Waals surface area contributed by atoms with Crippen molar-refractivity contribution in [1.82, 2.24) is 15.5 Å². The number of halogens is 2. The zero-order valence-electron chi connectivity index (χ0n) is 15.9. The molecule has 2 aromatic carbocycles. The van der Waals surface area contributed by atoms with Crippen molar-refractivity contribution >= 4 is 40.0 Å². The molecule has 1 amide bonds. The molecule has 0 bridgehead atoms. The van der Waals surface area contributed by atoms with Gasteiger partial charge in [0.2, 0.25) is 0 Å². The highest BCUT2D eigenvalue weighted by atomic mass is 32.2. The van der Waals surface area contributed by atoms with Gasteiger partial charge in [0.15, 0.2) is 10.1 Å². The van der Waals surface area contributed by atoms with E-state index in [2.05, 4.69) is 15.5 Å². The van der Waals surface area contributed by atoms with Crippen LogP contribution in [0.1, 0.15) is 26.7 Å². The molecule has 9 heteroatoms. The Hall–Kier alpha value is -2.78. The third-order valence-electron chi connectivity index (χ3n) is 4.47. The van der Waals surface area contributed by atoms with Gasteiger partial charge in [-0.15, -0.1) is 10.2 Å². The van der Waals surface area contributed by atoms with Crippen LogP contribution in [0.3, 0.4) is 0 Å². The molecule has 154 valence electrons. The lowest BCUT2D eigenvalue weighted by atomic mass is 10.1. The quantitative estimate of drug-likeness (QED) is 0.399. The molecular weight excluding hydrogens is 428 g/mol. The van der Waals surface area contributed by atoms with Crippen LogP contribution in [-0.2, 0) is 12.2 Å². The standard InChI is InChI=1S/C21H17F2N3O2S2/c1-12-25-26-21(30-12)29-11-15-13-5-2-3-8-18(13)28-19(15)20(27)24-10-9-14-16(22)6-4-7-17(14)23/h2-8H,9-11H2,1H3,(H,24,27). The molecule has 0 radical (unpaired) electrons. The Bertz CT molecular complexity index is 1190. The van der Waals surface area contributed by atoms with Gasteiger partial charge in [0.1, 0.15) is 22.2 Å². The topological polar surface area (TPSA) is 68.0 Å². The smallest absolute Gasteiger partial charge is 0.287 e. The zero-order valence-corrected chi connectivity index (χ0v) is 17.6. The molecule has 0 unspecified atom stereocenters. The number of hydrogen-bond acceptors (Lipinski definition) is 6. The Kier molecular flexibility index (Phi) is 6.10. The number of carbonyl (C=O) groups excluding carboxylic acids is 1. The van der Waals surface area contributed by atoms with Crippen LogP contribution in [0.25, 0.3) is 11.0 Å². The van der Waals surface area contributed by atoms with Crippen LogP contribution >= 0.6 is 23.1 Å². The van der Waals surface area contributed by atoms with Gasteiger partial charge in [-0.05, 0) is 31.5 Å². The molecule has 0 spiro atoms. The fraction of sp³-hybridized carbons (Fsp3) is 0.190. The second-order valence-corrected chi connectivity index (χ2v) is 8.89. The molecule has 0 saturated heterocycles. The summed E-state index contributed by atoms with van der Waals surface area (Å²) in [4.78, 5) is 12.8. The normalized spacial score (nSPS) is 11.2. The van der Waals surface area contributed by atoms with E-state index >= 15 is 0 Å². The van der Waals surface area contributed by atoms with Crippen LogP contribution in [0.2, 0.25) is 0 Å². The summed E-state index contributed by atoms with van der Waals surface area (Å²) < 4.78 is 34.2. The van der Waals surface area contributed by atoms with Gasteiger partial charge >= 0.3 is 0 Å². The lowest BCUT2D eigenvalue weighted by Gasteiger charge is -2.07. The molecular formula is C21H17F2N3O2S2. The van der Waals surface area contributed by atoms with Gasteiger partial charge in [-0.25, -0.2) is 8.78 Å². The molecule has 0 saturated carbocycles. The Morgan fingerprint density at radius 3 is 2.60 bits per heavy atom. The first-order valence-corrected chi connectivity index (χ1v) is 11.0. The zero-order chi connectivity index (χ0) is 21.1. The van der Waals surface area contributed by atoms with E-state index in [4.69, 9.17) is 4.42 Å². The summed E-state index contributed by atoms with van der Waals surface area (Å²) in [6.45, 7) is 1.96. The molecule has 0 atom stereocenters. The highest BCUT2D eigenvalue weighted by Gasteiger charge is 2.21. The maximum atomic E-state index is 13.8. The lowest BCUT2D eigenvalue weighted by molar-refractivity contribution is 0.0927. The highest BCUT2D eigenvalue weighted by Crippen LogP contribution is 2.33. The Labute approximate surface area is 179 Å². The summed E-state index contributed by atoms with van der Waals surface area (Å²) in [7, 11) is 0. The summed E-state index contributed by atoms with van der Waals surface area (Å²) in [6, 6.07) is 11.1. The fourth-order valence-electron chi connectivity index (χ4n) is 3.05. The first-order valence-electron chi connectivity index (χ1n) is 9.17. The van der Waals surface area contributed by atoms with Gasteiger partial charge < -0.3 is 9.73 Å². The van der Waals surface area contributed by atoms with Crippen molar-refractivity contribution in [2.45, 2.75) is 23.4 Å². The number of aryl methyl sites for hydroxylation is 1. The van der Waals surface area contributed by atoms with E-state index < -0.39 is 17.5 Å². The van der Waals surface area contributed by atoms with Crippen molar-refractivity contribution in [2.24, 2.45) is 0 Å². The Balaban J connectivity index is 1.51. The summed E-state index contributed by atoms with van der Waals surface area (Å²) in [5.41, 5.74) is 1.30. The summed E-state index contributed by atoms with van der Waals surface area (Å²) >= 11 is 2.96. The van der Waals surface area contributed by atoms with E-state index in [1.165, 1.54) is 41.3 Å². The predicted octanol–water partition coefficient (Wildman–Crippen LogP) is 5.14. The minimum Gasteiger partial charge on any atom is -0.451 e. The van der Waals surface area contributed by atoms with E-state index in [1.54, 1.807) is 6.07 Å². The van der Waals surface area contributed by atoms with Crippen LogP contribution in [-0.4, -0.2) is 22.6 Å². The lowest BCUT2D eigenvalue weighted by Crippen LogP contribution is -2.26. The fourth-order valence-corrected chi connectivity index (χ4v) is 4.89. The molecule has 5 nitrogen and oxygen atoms in total. The summed E-state index contributed by atoms with van der Waals surface area (Å²) in [5.74, 6) is -1.00. The second-order valence-electron chi connectivity index (χ2n) is 6.49. The first-order chi connectivity index (χ1) is 14.5. The number of thioether (sulfide) groups is 1. The number of amides is 1. The molecule has 2 heterocycles. The number of aromatic nitrogens is 2. The molecule has 4 aromatic rings. The number of furan rings is 1. The summed E-state index contributed by atoms with van der Waals surface area (Å²) in [6.07, 6.45) is 0.0403. The number of nitrogens with zero attached hydrogens (tertiary/aromatic N) is 2. The average Bonchev–Trinajstić information content (AvgIpc) is 3.31. The van der Waals surface area contributed by atoms with Crippen LogP contribution in [0.4, 0.5) is 8.78 Å². The molecule has 0 aliphatic carbocycles. The van der Waals surface area contributed by atoms with Gasteiger partial charge in [0, 0.05) is 28.8 Å². The van der Waals surface area contributed by atoms with Crippen molar-refractivity contribution in [3.8, 4) is 0 Å². The number of carbonyl (C=O) groups is 1. The third kappa shape index (κ3) is 4.36. The van der Waals surface area contributed by atoms with E-state index in [9.17, 15) is 13.6 Å². The van der Waals surface area contributed by atoms with Crippen molar-refractivity contribution in [3.05, 3.63) is 76.0 Å². The Morgan fingerprint density at radius 1 is 1.10 bits per heavy atom. The van der Waals surface area contributed by atoms with Gasteiger partial charge in [-0.1, -0.05) is 47.4 Å². The van der Waals surface area contributed by atoms with Gasteiger partial charge in [-0.3, -0.25) is 4.79 Å². The van der Waals surface area contributed by atoms with Crippen molar-refractivity contribution in [2.75, 3.05) is 6.54 Å². The largest absolute Gasteiger partial charge is 0.451 e. The number of hydrogen-bond donors (Lipinski definition) is 1. The molecule has 0 aliphatic rings. The monoisotopic (exact) mass is 445 g/mol. The number of nitrogens with one attached hydrogen (secondary N) is 1. The number of rotatable bonds is 7. The third-order valence-corrected chi connectivity index (χ3v) is 6.47. The molecule has 2 aromatic heterocycles. The van der Waals surface area contributed by atoms with Crippen LogP contribution in [0.15, 0.2) is 51.2 Å². The molecule has 1 N–H and O–H groups in total. The van der Waals surface area contributed by atoms with Crippen LogP contribution < -0.4 is 5.32 Å². The predicted molar refractivity (Wildman–Crippen MR) is 113 cm³/mol.